The number of nitrogens with one attached hydrogen (secondary N) is 1. The topological polar surface area (TPSA) is 66.4 Å². The summed E-state index contributed by atoms with van der Waals surface area (Å²) >= 11 is 3.59. The van der Waals surface area contributed by atoms with Crippen LogP contribution in [0.2, 0.25) is 0 Å². The van der Waals surface area contributed by atoms with Crippen molar-refractivity contribution in [2.24, 2.45) is 0 Å². The molecule has 2 N–H and O–H groups in total. The van der Waals surface area contributed by atoms with E-state index in [4.69, 9.17) is 0 Å². The van der Waals surface area contributed by atoms with Gasteiger partial charge in [0.15, 0.2) is 0 Å². The monoisotopic (exact) mass is 471 g/mol. The number of rotatable bonds is 10. The highest BCUT2D eigenvalue weighted by Gasteiger charge is 2.23. The van der Waals surface area contributed by atoms with Crippen molar-refractivity contribution in [2.45, 2.75) is 62.5 Å². The van der Waals surface area contributed by atoms with Crippen LogP contribution in [0.3, 0.4) is 0 Å². The van der Waals surface area contributed by atoms with Crippen LogP contribution >= 0.6 is 23.5 Å². The Balaban J connectivity index is 1.86. The van der Waals surface area contributed by atoms with E-state index in [0.717, 1.165) is 27.7 Å². The molecule has 172 valence electrons. The van der Waals surface area contributed by atoms with Gasteiger partial charge in [-0.25, -0.2) is 4.79 Å². The summed E-state index contributed by atoms with van der Waals surface area (Å²) in [5, 5.41) is 13.0. The van der Waals surface area contributed by atoms with Crippen LogP contribution in [0, 0.1) is 6.92 Å². The maximum Gasteiger partial charge on any atom is 0.326 e. The molecule has 0 heterocycles. The molecule has 4 nitrogen and oxygen atoms in total. The average Bonchev–Trinajstić information content (AvgIpc) is 2.81. The van der Waals surface area contributed by atoms with Gasteiger partial charge in [0.25, 0.3) is 5.91 Å². The van der Waals surface area contributed by atoms with Crippen LogP contribution < -0.4 is 5.32 Å². The number of amides is 1. The minimum Gasteiger partial charge on any atom is -0.480 e. The van der Waals surface area contributed by atoms with Crippen LogP contribution in [-0.4, -0.2) is 40.3 Å². The van der Waals surface area contributed by atoms with Gasteiger partial charge < -0.3 is 10.4 Å². The fraction of sp³-hybridized carbons (Fsp3) is 0.462. The molecular weight excluding hydrogens is 438 g/mol. The first-order chi connectivity index (χ1) is 15.5. The summed E-state index contributed by atoms with van der Waals surface area (Å²) in [6.07, 6.45) is 8.93. The standard InChI is InChI=1S/C26H33NO3S2/c1-18-8-6-7-11-21(18)23-16-19(17-32-20-9-4-3-5-10-20)12-13-22(23)25(28)27-24(26(29)30)14-15-31-2/h6-8,11-13,16,20,24H,3-5,9-10,14-15,17H2,1-2H3,(H,27,28)(H,29,30). The number of hydrogen-bond acceptors (Lipinski definition) is 4. The highest BCUT2D eigenvalue weighted by molar-refractivity contribution is 7.99. The van der Waals surface area contributed by atoms with E-state index < -0.39 is 12.0 Å². The third-order valence-electron chi connectivity index (χ3n) is 6.02. The molecule has 0 radical (unpaired) electrons. The predicted octanol–water partition coefficient (Wildman–Crippen LogP) is 6.16. The molecule has 0 bridgehead atoms. The van der Waals surface area contributed by atoms with Crippen LogP contribution in [0.1, 0.15) is 60.0 Å². The first kappa shape index (κ1) is 24.7. The van der Waals surface area contributed by atoms with E-state index in [9.17, 15) is 14.7 Å². The molecule has 2 aromatic carbocycles. The van der Waals surface area contributed by atoms with Crippen molar-refractivity contribution in [1.29, 1.82) is 0 Å². The summed E-state index contributed by atoms with van der Waals surface area (Å²) < 4.78 is 0. The molecule has 2 aromatic rings. The lowest BCUT2D eigenvalue weighted by Crippen LogP contribution is -2.41. The largest absolute Gasteiger partial charge is 0.480 e. The van der Waals surface area contributed by atoms with Crippen LogP contribution in [0.25, 0.3) is 11.1 Å². The number of carbonyl (C=O) groups excluding carboxylic acids is 1. The van der Waals surface area contributed by atoms with Crippen molar-refractivity contribution in [3.63, 3.8) is 0 Å². The highest BCUT2D eigenvalue weighted by Crippen LogP contribution is 2.33. The maximum atomic E-state index is 13.2. The quantitative estimate of drug-likeness (QED) is 0.434. The fourth-order valence-corrected chi connectivity index (χ4v) is 5.90. The number of carboxylic acid groups (broad SMARTS) is 1. The van der Waals surface area contributed by atoms with E-state index in [2.05, 4.69) is 11.4 Å². The Labute approximate surface area is 200 Å². The molecule has 1 fully saturated rings. The van der Waals surface area contributed by atoms with Gasteiger partial charge in [-0.05, 0) is 72.6 Å². The van der Waals surface area contributed by atoms with Crippen LogP contribution in [0.4, 0.5) is 0 Å². The van der Waals surface area contributed by atoms with Gasteiger partial charge in [-0.1, -0.05) is 49.6 Å². The van der Waals surface area contributed by atoms with Crippen molar-refractivity contribution < 1.29 is 14.7 Å². The molecule has 0 spiro atoms. The Bertz CT molecular complexity index is 925. The number of aliphatic carboxylic acids is 1. The minimum absolute atomic E-state index is 0.330. The second kappa shape index (κ2) is 12.4. The Morgan fingerprint density at radius 3 is 2.53 bits per heavy atom. The van der Waals surface area contributed by atoms with Crippen molar-refractivity contribution in [3.8, 4) is 11.1 Å². The lowest BCUT2D eigenvalue weighted by Gasteiger charge is -2.21. The summed E-state index contributed by atoms with van der Waals surface area (Å²) in [6, 6.07) is 13.1. The van der Waals surface area contributed by atoms with Crippen LogP contribution in [0.5, 0.6) is 0 Å². The molecule has 6 heteroatoms. The van der Waals surface area contributed by atoms with Crippen molar-refractivity contribution in [3.05, 3.63) is 59.2 Å². The summed E-state index contributed by atoms with van der Waals surface area (Å²) in [5.41, 5.74) is 4.71. The lowest BCUT2D eigenvalue weighted by atomic mass is 9.94. The van der Waals surface area contributed by atoms with Gasteiger partial charge in [0, 0.05) is 16.6 Å². The molecule has 0 aromatic heterocycles. The molecule has 0 aliphatic heterocycles. The molecule has 3 rings (SSSR count). The third-order valence-corrected chi connectivity index (χ3v) is 8.10. The second-order valence-corrected chi connectivity index (χ2v) is 10.7. The van der Waals surface area contributed by atoms with Crippen LogP contribution in [0.15, 0.2) is 42.5 Å². The summed E-state index contributed by atoms with van der Waals surface area (Å²) in [5.74, 6) is 0.282. The minimum atomic E-state index is -0.995. The molecule has 32 heavy (non-hydrogen) atoms. The van der Waals surface area contributed by atoms with E-state index in [-0.39, 0.29) is 5.91 Å². The third kappa shape index (κ3) is 6.79. The Hall–Kier alpha value is -1.92. The number of hydrogen-bond donors (Lipinski definition) is 2. The summed E-state index contributed by atoms with van der Waals surface area (Å²) in [4.78, 5) is 24.8. The molecule has 1 amide bonds. The summed E-state index contributed by atoms with van der Waals surface area (Å²) in [6.45, 7) is 2.04. The van der Waals surface area contributed by atoms with Gasteiger partial charge in [0.1, 0.15) is 6.04 Å². The van der Waals surface area contributed by atoms with E-state index in [1.807, 2.05) is 61.3 Å². The molecule has 0 saturated heterocycles. The van der Waals surface area contributed by atoms with Gasteiger partial charge in [-0.15, -0.1) is 0 Å². The van der Waals surface area contributed by atoms with Gasteiger partial charge >= 0.3 is 5.97 Å². The predicted molar refractivity (Wildman–Crippen MR) is 137 cm³/mol. The van der Waals surface area contributed by atoms with Gasteiger partial charge in [-0.3, -0.25) is 4.79 Å². The first-order valence-electron chi connectivity index (χ1n) is 11.3. The zero-order valence-corrected chi connectivity index (χ0v) is 20.6. The molecule has 1 aliphatic carbocycles. The molecular formula is C26H33NO3S2. The van der Waals surface area contributed by atoms with Gasteiger partial charge in [-0.2, -0.15) is 23.5 Å². The number of benzene rings is 2. The number of thioether (sulfide) groups is 2. The molecule has 1 aliphatic rings. The van der Waals surface area contributed by atoms with Crippen molar-refractivity contribution in [2.75, 3.05) is 12.0 Å². The highest BCUT2D eigenvalue weighted by atomic mass is 32.2. The first-order valence-corrected chi connectivity index (χ1v) is 13.8. The fourth-order valence-electron chi connectivity index (χ4n) is 4.15. The Kier molecular flexibility index (Phi) is 9.54. The Morgan fingerprint density at radius 2 is 1.84 bits per heavy atom. The smallest absolute Gasteiger partial charge is 0.326 e. The number of carbonyl (C=O) groups is 2. The van der Waals surface area contributed by atoms with Crippen molar-refractivity contribution in [1.82, 2.24) is 5.32 Å². The maximum absolute atomic E-state index is 13.2. The van der Waals surface area contributed by atoms with Crippen molar-refractivity contribution >= 4 is 35.4 Å². The van der Waals surface area contributed by atoms with Gasteiger partial charge in [0.05, 0.1) is 0 Å². The molecule has 1 saturated carbocycles. The van der Waals surface area contributed by atoms with E-state index in [0.29, 0.717) is 17.7 Å². The normalized spacial score (nSPS) is 15.3. The second-order valence-electron chi connectivity index (χ2n) is 8.41. The molecule has 1 atom stereocenters. The SMILES string of the molecule is CSCCC(NC(=O)c1ccc(CSC2CCCCC2)cc1-c1ccccc1C)C(=O)O. The van der Waals surface area contributed by atoms with E-state index >= 15 is 0 Å². The average molecular weight is 472 g/mol. The zero-order chi connectivity index (χ0) is 22.9. The Morgan fingerprint density at radius 1 is 1.09 bits per heavy atom. The number of aryl methyl sites for hydroxylation is 1. The van der Waals surface area contributed by atoms with Crippen LogP contribution in [-0.2, 0) is 10.5 Å². The lowest BCUT2D eigenvalue weighted by molar-refractivity contribution is -0.139. The summed E-state index contributed by atoms with van der Waals surface area (Å²) in [7, 11) is 0. The number of carboxylic acids is 1. The van der Waals surface area contributed by atoms with Gasteiger partial charge in [0.2, 0.25) is 0 Å². The van der Waals surface area contributed by atoms with E-state index in [1.165, 1.54) is 37.7 Å². The zero-order valence-electron chi connectivity index (χ0n) is 18.9. The van der Waals surface area contributed by atoms with E-state index in [1.54, 1.807) is 11.8 Å². The molecule has 1 unspecified atom stereocenters.